The van der Waals surface area contributed by atoms with E-state index in [2.05, 4.69) is 4.98 Å². The van der Waals surface area contributed by atoms with Crippen LogP contribution >= 0.6 is 0 Å². The second-order valence-corrected chi connectivity index (χ2v) is 4.98. The number of hydrogen-bond acceptors (Lipinski definition) is 4. The van der Waals surface area contributed by atoms with Gasteiger partial charge >= 0.3 is 5.97 Å². The summed E-state index contributed by atoms with van der Waals surface area (Å²) in [7, 11) is 0. The third-order valence-electron chi connectivity index (χ3n) is 3.34. The number of halogens is 1. The summed E-state index contributed by atoms with van der Waals surface area (Å²) in [5.41, 5.74) is 0.950. The Kier molecular flexibility index (Phi) is 4.14. The Labute approximate surface area is 131 Å². The highest BCUT2D eigenvalue weighted by atomic mass is 19.1. The number of nitrogens with zero attached hydrogens (tertiary/aromatic N) is 2. The smallest absolute Gasteiger partial charge is 0.326 e. The first-order valence-electron chi connectivity index (χ1n) is 6.98. The fourth-order valence-electron chi connectivity index (χ4n) is 2.15. The lowest BCUT2D eigenvalue weighted by Crippen LogP contribution is -2.25. The predicted molar refractivity (Wildman–Crippen MR) is 82.2 cm³/mol. The number of aromatic nitrogens is 2. The predicted octanol–water partition coefficient (Wildman–Crippen LogP) is 2.28. The van der Waals surface area contributed by atoms with Gasteiger partial charge < -0.3 is 4.74 Å². The van der Waals surface area contributed by atoms with Crippen LogP contribution in [0.2, 0.25) is 0 Å². The maximum absolute atomic E-state index is 12.8. The first-order chi connectivity index (χ1) is 11.1. The van der Waals surface area contributed by atoms with Crippen molar-refractivity contribution in [2.75, 3.05) is 0 Å². The second kappa shape index (κ2) is 6.39. The van der Waals surface area contributed by atoms with Crippen molar-refractivity contribution in [3.8, 4) is 0 Å². The lowest BCUT2D eigenvalue weighted by molar-refractivity contribution is -0.145. The molecule has 3 aromatic rings. The van der Waals surface area contributed by atoms with Gasteiger partial charge in [-0.1, -0.05) is 24.3 Å². The second-order valence-electron chi connectivity index (χ2n) is 4.98. The monoisotopic (exact) mass is 312 g/mol. The maximum atomic E-state index is 12.8. The van der Waals surface area contributed by atoms with Crippen LogP contribution in [0.25, 0.3) is 10.9 Å². The summed E-state index contributed by atoms with van der Waals surface area (Å²) in [4.78, 5) is 28.2. The van der Waals surface area contributed by atoms with E-state index in [1.54, 1.807) is 24.3 Å². The topological polar surface area (TPSA) is 61.2 Å². The minimum Gasteiger partial charge on any atom is -0.459 e. The van der Waals surface area contributed by atoms with E-state index in [-0.39, 0.29) is 24.5 Å². The zero-order valence-electron chi connectivity index (χ0n) is 12.1. The van der Waals surface area contributed by atoms with Crippen LogP contribution in [0.4, 0.5) is 4.39 Å². The minimum absolute atomic E-state index is 0.0227. The molecule has 0 aliphatic heterocycles. The Morgan fingerprint density at radius 1 is 1.13 bits per heavy atom. The summed E-state index contributed by atoms with van der Waals surface area (Å²) in [6.45, 7) is -0.202. The van der Waals surface area contributed by atoms with Gasteiger partial charge in [0.25, 0.3) is 5.56 Å². The van der Waals surface area contributed by atoms with Gasteiger partial charge in [-0.3, -0.25) is 14.2 Å². The molecule has 0 saturated heterocycles. The van der Waals surface area contributed by atoms with E-state index in [4.69, 9.17) is 4.74 Å². The number of para-hydroxylation sites is 1. The number of esters is 1. The molecular formula is C17H13FN2O3. The van der Waals surface area contributed by atoms with Crippen molar-refractivity contribution in [3.05, 3.63) is 76.6 Å². The number of rotatable bonds is 4. The van der Waals surface area contributed by atoms with Crippen molar-refractivity contribution in [3.63, 3.8) is 0 Å². The summed E-state index contributed by atoms with van der Waals surface area (Å²) in [6.07, 6.45) is 1.32. The van der Waals surface area contributed by atoms with Crippen LogP contribution in [0.1, 0.15) is 5.56 Å². The third kappa shape index (κ3) is 3.42. The molecule has 0 atom stereocenters. The molecule has 0 radical (unpaired) electrons. The van der Waals surface area contributed by atoms with Gasteiger partial charge in [-0.05, 0) is 29.8 Å². The van der Waals surface area contributed by atoms with E-state index in [0.717, 1.165) is 0 Å². The SMILES string of the molecule is O=C(Cn1cnc2ccccc2c1=O)OCc1ccc(F)cc1. The van der Waals surface area contributed by atoms with Crippen LogP contribution < -0.4 is 5.56 Å². The highest BCUT2D eigenvalue weighted by Crippen LogP contribution is 2.06. The van der Waals surface area contributed by atoms with Gasteiger partial charge in [0.05, 0.1) is 17.2 Å². The fourth-order valence-corrected chi connectivity index (χ4v) is 2.15. The molecule has 1 aromatic heterocycles. The Morgan fingerprint density at radius 2 is 1.87 bits per heavy atom. The van der Waals surface area contributed by atoms with E-state index in [1.807, 2.05) is 0 Å². The van der Waals surface area contributed by atoms with Crippen LogP contribution in [0, 0.1) is 5.82 Å². The minimum atomic E-state index is -0.562. The summed E-state index contributed by atoms with van der Waals surface area (Å²) >= 11 is 0. The standard InChI is InChI=1S/C17H13FN2O3/c18-13-7-5-12(6-8-13)10-23-16(21)9-20-11-19-15-4-2-1-3-14(15)17(20)22/h1-8,11H,9-10H2. The molecule has 0 bridgehead atoms. The molecule has 0 amide bonds. The van der Waals surface area contributed by atoms with Gasteiger partial charge in [0.1, 0.15) is 19.0 Å². The van der Waals surface area contributed by atoms with Gasteiger partial charge in [-0.25, -0.2) is 9.37 Å². The lowest BCUT2D eigenvalue weighted by atomic mass is 10.2. The van der Waals surface area contributed by atoms with E-state index < -0.39 is 5.97 Å². The van der Waals surface area contributed by atoms with Gasteiger partial charge in [0.2, 0.25) is 0 Å². The molecule has 116 valence electrons. The van der Waals surface area contributed by atoms with Gasteiger partial charge in [0.15, 0.2) is 0 Å². The molecule has 3 rings (SSSR count). The zero-order chi connectivity index (χ0) is 16.2. The number of fused-ring (bicyclic) bond motifs is 1. The maximum Gasteiger partial charge on any atom is 0.326 e. The first kappa shape index (κ1) is 14.9. The number of benzene rings is 2. The molecule has 0 saturated carbocycles. The zero-order valence-corrected chi connectivity index (χ0v) is 12.1. The lowest BCUT2D eigenvalue weighted by Gasteiger charge is -2.07. The Hall–Kier alpha value is -3.02. The molecular weight excluding hydrogens is 299 g/mol. The normalized spacial score (nSPS) is 10.7. The van der Waals surface area contributed by atoms with Gasteiger partial charge in [-0.2, -0.15) is 0 Å². The average Bonchev–Trinajstić information content (AvgIpc) is 2.57. The molecule has 0 unspecified atom stereocenters. The number of ether oxygens (including phenoxy) is 1. The molecule has 1 heterocycles. The van der Waals surface area contributed by atoms with E-state index >= 15 is 0 Å². The van der Waals surface area contributed by atoms with Crippen molar-refractivity contribution in [1.29, 1.82) is 0 Å². The molecule has 0 spiro atoms. The van der Waals surface area contributed by atoms with Crippen molar-refractivity contribution in [1.82, 2.24) is 9.55 Å². The number of carbonyl (C=O) groups excluding carboxylic acids is 1. The molecule has 6 heteroatoms. The molecule has 23 heavy (non-hydrogen) atoms. The van der Waals surface area contributed by atoms with Crippen LogP contribution in [-0.4, -0.2) is 15.5 Å². The quantitative estimate of drug-likeness (QED) is 0.693. The molecule has 0 aliphatic carbocycles. The van der Waals surface area contributed by atoms with Crippen molar-refractivity contribution < 1.29 is 13.9 Å². The molecule has 0 aliphatic rings. The summed E-state index contributed by atoms with van der Waals surface area (Å²) in [5, 5.41) is 0.446. The van der Waals surface area contributed by atoms with Crippen molar-refractivity contribution in [2.24, 2.45) is 0 Å². The Balaban J connectivity index is 1.69. The molecule has 0 N–H and O–H groups in total. The first-order valence-corrected chi connectivity index (χ1v) is 6.98. The van der Waals surface area contributed by atoms with Gasteiger partial charge in [-0.15, -0.1) is 0 Å². The number of hydrogen-bond donors (Lipinski definition) is 0. The summed E-state index contributed by atoms with van der Waals surface area (Å²) < 4.78 is 19.1. The third-order valence-corrected chi connectivity index (χ3v) is 3.34. The Morgan fingerprint density at radius 3 is 2.65 bits per heavy atom. The average molecular weight is 312 g/mol. The largest absolute Gasteiger partial charge is 0.459 e. The summed E-state index contributed by atoms with van der Waals surface area (Å²) in [6, 6.07) is 12.6. The van der Waals surface area contributed by atoms with Crippen LogP contribution in [0.15, 0.2) is 59.7 Å². The van der Waals surface area contributed by atoms with E-state index in [0.29, 0.717) is 16.5 Å². The highest BCUT2D eigenvalue weighted by Gasteiger charge is 2.09. The van der Waals surface area contributed by atoms with E-state index in [9.17, 15) is 14.0 Å². The highest BCUT2D eigenvalue weighted by molar-refractivity contribution is 5.77. The summed E-state index contributed by atoms with van der Waals surface area (Å²) in [5.74, 6) is -0.914. The fraction of sp³-hybridized carbons (Fsp3) is 0.118. The van der Waals surface area contributed by atoms with Gasteiger partial charge in [0, 0.05) is 0 Å². The molecule has 5 nitrogen and oxygen atoms in total. The van der Waals surface area contributed by atoms with Crippen LogP contribution in [0.5, 0.6) is 0 Å². The molecule has 0 fully saturated rings. The van der Waals surface area contributed by atoms with Crippen LogP contribution in [-0.2, 0) is 22.7 Å². The van der Waals surface area contributed by atoms with E-state index in [1.165, 1.54) is 35.2 Å². The number of carbonyl (C=O) groups is 1. The van der Waals surface area contributed by atoms with Crippen molar-refractivity contribution in [2.45, 2.75) is 13.2 Å². The Bertz CT molecular complexity index is 904. The molecule has 2 aromatic carbocycles. The van der Waals surface area contributed by atoms with Crippen LogP contribution in [0.3, 0.4) is 0 Å². The van der Waals surface area contributed by atoms with Crippen molar-refractivity contribution >= 4 is 16.9 Å².